The van der Waals surface area contributed by atoms with Crippen molar-refractivity contribution >= 4 is 15.8 Å². The van der Waals surface area contributed by atoms with Gasteiger partial charge in [-0.05, 0) is 54.7 Å². The minimum atomic E-state index is -4.16. The first-order valence-corrected chi connectivity index (χ1v) is 10.2. The van der Waals surface area contributed by atoms with Gasteiger partial charge in [0.1, 0.15) is 5.75 Å². The Labute approximate surface area is 160 Å². The van der Waals surface area contributed by atoms with Gasteiger partial charge in [0.25, 0.3) is 0 Å². The Bertz CT molecular complexity index is 863. The minimum absolute atomic E-state index is 0.0171. The van der Waals surface area contributed by atoms with Crippen LogP contribution in [0.4, 0.5) is 0 Å². The van der Waals surface area contributed by atoms with Gasteiger partial charge in [-0.3, -0.25) is 9.78 Å². The minimum Gasteiger partial charge on any atom is -0.497 e. The number of benzene rings is 1. The van der Waals surface area contributed by atoms with Crippen molar-refractivity contribution in [2.24, 2.45) is 5.92 Å². The molecule has 0 fully saturated rings. The first-order valence-electron chi connectivity index (χ1n) is 8.74. The van der Waals surface area contributed by atoms with Gasteiger partial charge in [-0.25, -0.2) is 8.42 Å². The zero-order chi connectivity index (χ0) is 20.1. The molecule has 146 valence electrons. The van der Waals surface area contributed by atoms with Crippen LogP contribution in [-0.4, -0.2) is 36.3 Å². The van der Waals surface area contributed by atoms with E-state index >= 15 is 0 Å². The van der Waals surface area contributed by atoms with Crippen molar-refractivity contribution in [1.29, 1.82) is 0 Å². The summed E-state index contributed by atoms with van der Waals surface area (Å²) in [6.45, 7) is 3.88. The fraction of sp³-hybridized carbons (Fsp3) is 0.400. The van der Waals surface area contributed by atoms with Gasteiger partial charge in [0.2, 0.25) is 0 Å². The third-order valence-electron chi connectivity index (χ3n) is 4.61. The topological polar surface area (TPSA) is 93.6 Å². The zero-order valence-corrected chi connectivity index (χ0v) is 16.6. The van der Waals surface area contributed by atoms with Crippen LogP contribution >= 0.6 is 0 Å². The van der Waals surface area contributed by atoms with Crippen molar-refractivity contribution in [2.45, 2.75) is 42.8 Å². The van der Waals surface area contributed by atoms with Crippen LogP contribution < -0.4 is 4.74 Å². The summed E-state index contributed by atoms with van der Waals surface area (Å²) in [4.78, 5) is 16.3. The van der Waals surface area contributed by atoms with Gasteiger partial charge in [-0.15, -0.1) is 0 Å². The molecule has 1 atom stereocenters. The summed E-state index contributed by atoms with van der Waals surface area (Å²) in [7, 11) is -2.68. The van der Waals surface area contributed by atoms with E-state index in [0.717, 1.165) is 0 Å². The number of carboxylic acids is 1. The maximum Gasteiger partial charge on any atom is 0.325 e. The number of sulfone groups is 1. The highest BCUT2D eigenvalue weighted by atomic mass is 32.2. The summed E-state index contributed by atoms with van der Waals surface area (Å²) in [5.41, 5.74) is 0.570. The second-order valence-corrected chi connectivity index (χ2v) is 9.21. The van der Waals surface area contributed by atoms with E-state index < -0.39 is 20.6 Å². The first-order chi connectivity index (χ1) is 12.7. The number of pyridine rings is 1. The highest BCUT2D eigenvalue weighted by Crippen LogP contribution is 2.36. The number of nitrogens with zero attached hydrogens (tertiary/aromatic N) is 1. The van der Waals surface area contributed by atoms with Gasteiger partial charge in [-0.2, -0.15) is 0 Å². The number of ether oxygens (including phenoxy) is 1. The number of methoxy groups -OCH3 is 1. The molecular weight excluding hydrogens is 366 g/mol. The lowest BCUT2D eigenvalue weighted by molar-refractivity contribution is -0.140. The van der Waals surface area contributed by atoms with E-state index in [1.54, 1.807) is 18.3 Å². The van der Waals surface area contributed by atoms with Crippen molar-refractivity contribution < 1.29 is 23.1 Å². The molecule has 2 rings (SSSR count). The summed E-state index contributed by atoms with van der Waals surface area (Å²) in [6.07, 6.45) is 3.43. The van der Waals surface area contributed by atoms with E-state index in [9.17, 15) is 18.3 Å². The SMILES string of the molecule is COc1ccc(S(=O)(=O)C(CCC(C)C)(Cc2cccnc2)C(=O)O)cc1. The monoisotopic (exact) mass is 391 g/mol. The summed E-state index contributed by atoms with van der Waals surface area (Å²) in [6, 6.07) is 9.20. The van der Waals surface area contributed by atoms with Gasteiger partial charge < -0.3 is 9.84 Å². The lowest BCUT2D eigenvalue weighted by atomic mass is 9.91. The fourth-order valence-corrected chi connectivity index (χ4v) is 4.87. The number of hydrogen-bond acceptors (Lipinski definition) is 5. The maximum absolute atomic E-state index is 13.5. The predicted molar refractivity (Wildman–Crippen MR) is 103 cm³/mol. The van der Waals surface area contributed by atoms with Crippen LogP contribution in [-0.2, 0) is 21.1 Å². The number of hydrogen-bond donors (Lipinski definition) is 1. The normalized spacial score (nSPS) is 13.9. The molecule has 0 saturated carbocycles. The summed E-state index contributed by atoms with van der Waals surface area (Å²) >= 11 is 0. The number of aliphatic carboxylic acids is 1. The van der Waals surface area contributed by atoms with Crippen molar-refractivity contribution in [2.75, 3.05) is 7.11 Å². The van der Waals surface area contributed by atoms with Crippen molar-refractivity contribution in [3.05, 3.63) is 54.4 Å². The fourth-order valence-electron chi connectivity index (χ4n) is 2.95. The average molecular weight is 391 g/mol. The molecule has 27 heavy (non-hydrogen) atoms. The molecule has 0 bridgehead atoms. The molecule has 1 aromatic heterocycles. The number of rotatable bonds is 9. The molecule has 1 heterocycles. The van der Waals surface area contributed by atoms with Crippen molar-refractivity contribution in [1.82, 2.24) is 4.98 Å². The molecule has 1 N–H and O–H groups in total. The Morgan fingerprint density at radius 3 is 2.37 bits per heavy atom. The Morgan fingerprint density at radius 1 is 1.22 bits per heavy atom. The highest BCUT2D eigenvalue weighted by Gasteiger charge is 2.51. The number of carbonyl (C=O) groups is 1. The van der Waals surface area contributed by atoms with Crippen LogP contribution in [0.25, 0.3) is 0 Å². The lowest BCUT2D eigenvalue weighted by Crippen LogP contribution is -2.48. The smallest absolute Gasteiger partial charge is 0.325 e. The molecule has 2 aromatic rings. The molecule has 0 amide bonds. The maximum atomic E-state index is 13.5. The van der Waals surface area contributed by atoms with Crippen LogP contribution in [0.5, 0.6) is 5.75 Å². The quantitative estimate of drug-likeness (QED) is 0.704. The Hall–Kier alpha value is -2.41. The van der Waals surface area contributed by atoms with Crippen LogP contribution in [0.2, 0.25) is 0 Å². The van der Waals surface area contributed by atoms with Crippen LogP contribution in [0.3, 0.4) is 0 Å². The van der Waals surface area contributed by atoms with Gasteiger partial charge in [0.15, 0.2) is 14.6 Å². The molecule has 1 aromatic carbocycles. The second kappa shape index (κ2) is 8.52. The third kappa shape index (κ3) is 4.47. The Balaban J connectivity index is 2.58. The molecule has 0 aliphatic carbocycles. The van der Waals surface area contributed by atoms with E-state index in [-0.39, 0.29) is 23.7 Å². The van der Waals surface area contributed by atoms with Crippen LogP contribution in [0.15, 0.2) is 53.7 Å². The van der Waals surface area contributed by atoms with Crippen molar-refractivity contribution in [3.8, 4) is 5.75 Å². The molecule has 0 aliphatic heterocycles. The molecule has 1 unspecified atom stereocenters. The third-order valence-corrected chi connectivity index (χ3v) is 7.06. The average Bonchev–Trinajstić information content (AvgIpc) is 2.65. The molecule has 0 saturated heterocycles. The molecule has 0 spiro atoms. The summed E-state index contributed by atoms with van der Waals surface area (Å²) in [5.74, 6) is -0.671. The predicted octanol–water partition coefficient (Wildman–Crippen LogP) is 3.37. The Morgan fingerprint density at radius 2 is 1.89 bits per heavy atom. The number of aromatic nitrogens is 1. The molecule has 7 heteroatoms. The van der Waals surface area contributed by atoms with Gasteiger partial charge >= 0.3 is 5.97 Å². The second-order valence-electron chi connectivity index (χ2n) is 6.95. The van der Waals surface area contributed by atoms with E-state index in [1.807, 2.05) is 13.8 Å². The lowest BCUT2D eigenvalue weighted by Gasteiger charge is -2.30. The van der Waals surface area contributed by atoms with Crippen LogP contribution in [0.1, 0.15) is 32.3 Å². The zero-order valence-electron chi connectivity index (χ0n) is 15.8. The van der Waals surface area contributed by atoms with E-state index in [4.69, 9.17) is 4.74 Å². The van der Waals surface area contributed by atoms with Gasteiger partial charge in [-0.1, -0.05) is 19.9 Å². The van der Waals surface area contributed by atoms with E-state index in [0.29, 0.717) is 17.7 Å². The number of carboxylic acid groups (broad SMARTS) is 1. The van der Waals surface area contributed by atoms with Crippen molar-refractivity contribution in [3.63, 3.8) is 0 Å². The summed E-state index contributed by atoms with van der Waals surface area (Å²) < 4.78 is 30.0. The van der Waals surface area contributed by atoms with E-state index in [2.05, 4.69) is 4.98 Å². The Kier molecular flexibility index (Phi) is 6.59. The summed E-state index contributed by atoms with van der Waals surface area (Å²) in [5, 5.41) is 10.1. The van der Waals surface area contributed by atoms with Gasteiger partial charge in [0, 0.05) is 18.8 Å². The van der Waals surface area contributed by atoms with E-state index in [1.165, 1.54) is 37.6 Å². The largest absolute Gasteiger partial charge is 0.497 e. The molecule has 0 radical (unpaired) electrons. The highest BCUT2D eigenvalue weighted by molar-refractivity contribution is 7.93. The first kappa shape index (κ1) is 20.9. The molecule has 0 aliphatic rings. The van der Waals surface area contributed by atoms with Gasteiger partial charge in [0.05, 0.1) is 12.0 Å². The molecular formula is C20H25NO5S. The van der Waals surface area contributed by atoms with Crippen LogP contribution in [0, 0.1) is 5.92 Å². The standard InChI is InChI=1S/C20H25NO5S/c1-15(2)10-11-20(19(22)23,13-16-5-4-12-21-14-16)27(24,25)18-8-6-17(26-3)7-9-18/h4-9,12,14-15H,10-11,13H2,1-3H3,(H,22,23). The molecule has 6 nitrogen and oxygen atoms in total.